The van der Waals surface area contributed by atoms with Gasteiger partial charge in [-0.2, -0.15) is 0 Å². The van der Waals surface area contributed by atoms with Gasteiger partial charge in [-0.3, -0.25) is 9.59 Å². The summed E-state index contributed by atoms with van der Waals surface area (Å²) in [6.45, 7) is 3.32. The summed E-state index contributed by atoms with van der Waals surface area (Å²) in [5, 5.41) is 11.7. The largest absolute Gasteiger partial charge is 0.496 e. The summed E-state index contributed by atoms with van der Waals surface area (Å²) in [5.74, 6) is -0.00540. The number of ether oxygens (including phenoxy) is 2. The van der Waals surface area contributed by atoms with Crippen LogP contribution in [0.15, 0.2) is 12.1 Å². The summed E-state index contributed by atoms with van der Waals surface area (Å²) in [7, 11) is 1.52. The van der Waals surface area contributed by atoms with Crippen LogP contribution in [0.1, 0.15) is 37.4 Å². The van der Waals surface area contributed by atoms with Crippen molar-refractivity contribution in [3.8, 4) is 11.5 Å². The molecule has 1 aliphatic heterocycles. The van der Waals surface area contributed by atoms with Crippen LogP contribution in [0.2, 0.25) is 0 Å². The first-order valence-electron chi connectivity index (χ1n) is 6.77. The monoisotopic (exact) mass is 293 g/mol. The number of methoxy groups -OCH3 is 1. The summed E-state index contributed by atoms with van der Waals surface area (Å²) >= 11 is 0. The SMILES string of the molecule is COc1cc2c(cc1[C@@H](CC(=O)O)NC(C)=O)OC(C)C2. The molecule has 6 nitrogen and oxygen atoms in total. The molecule has 0 aliphatic carbocycles. The van der Waals surface area contributed by atoms with Crippen molar-refractivity contribution in [2.45, 2.75) is 38.8 Å². The smallest absolute Gasteiger partial charge is 0.305 e. The van der Waals surface area contributed by atoms with E-state index in [4.69, 9.17) is 14.6 Å². The van der Waals surface area contributed by atoms with E-state index in [1.165, 1.54) is 14.0 Å². The minimum atomic E-state index is -0.995. The lowest BCUT2D eigenvalue weighted by Crippen LogP contribution is -2.28. The lowest BCUT2D eigenvalue weighted by Gasteiger charge is -2.20. The highest BCUT2D eigenvalue weighted by molar-refractivity contribution is 5.75. The van der Waals surface area contributed by atoms with Crippen LogP contribution in [0.25, 0.3) is 0 Å². The molecule has 0 bridgehead atoms. The minimum absolute atomic E-state index is 0.0821. The maximum atomic E-state index is 11.3. The number of carbonyl (C=O) groups is 2. The Hall–Kier alpha value is -2.24. The molecular formula is C15H19NO5. The van der Waals surface area contributed by atoms with E-state index in [0.717, 1.165) is 17.7 Å². The van der Waals surface area contributed by atoms with Gasteiger partial charge in [0.2, 0.25) is 5.91 Å². The lowest BCUT2D eigenvalue weighted by atomic mass is 9.99. The van der Waals surface area contributed by atoms with Crippen molar-refractivity contribution in [2.24, 2.45) is 0 Å². The van der Waals surface area contributed by atoms with Gasteiger partial charge >= 0.3 is 5.97 Å². The van der Waals surface area contributed by atoms with E-state index in [-0.39, 0.29) is 18.4 Å². The number of carbonyl (C=O) groups excluding carboxylic acids is 1. The van der Waals surface area contributed by atoms with Gasteiger partial charge in [-0.1, -0.05) is 0 Å². The molecule has 1 aliphatic rings. The van der Waals surface area contributed by atoms with Crippen LogP contribution in [0.4, 0.5) is 0 Å². The molecule has 114 valence electrons. The Labute approximate surface area is 123 Å². The molecular weight excluding hydrogens is 274 g/mol. The topological polar surface area (TPSA) is 84.9 Å². The second-order valence-electron chi connectivity index (χ2n) is 5.19. The van der Waals surface area contributed by atoms with Gasteiger partial charge in [-0.05, 0) is 19.1 Å². The fourth-order valence-electron chi connectivity index (χ4n) is 2.56. The number of rotatable bonds is 5. The maximum absolute atomic E-state index is 11.3. The van der Waals surface area contributed by atoms with E-state index in [1.807, 2.05) is 13.0 Å². The zero-order valence-electron chi connectivity index (χ0n) is 12.3. The molecule has 1 amide bonds. The highest BCUT2D eigenvalue weighted by Crippen LogP contribution is 2.38. The fourth-order valence-corrected chi connectivity index (χ4v) is 2.56. The first kappa shape index (κ1) is 15.2. The first-order chi connectivity index (χ1) is 9.90. The van der Waals surface area contributed by atoms with Crippen LogP contribution >= 0.6 is 0 Å². The summed E-state index contributed by atoms with van der Waals surface area (Å²) in [5.41, 5.74) is 1.64. The Balaban J connectivity index is 2.41. The lowest BCUT2D eigenvalue weighted by molar-refractivity contribution is -0.137. The predicted octanol–water partition coefficient (Wildman–Crippen LogP) is 1.67. The van der Waals surface area contributed by atoms with Crippen molar-refractivity contribution in [3.63, 3.8) is 0 Å². The fraction of sp³-hybridized carbons (Fsp3) is 0.467. The molecule has 0 fully saturated rings. The Morgan fingerprint density at radius 1 is 1.52 bits per heavy atom. The van der Waals surface area contributed by atoms with Gasteiger partial charge < -0.3 is 19.9 Å². The number of fused-ring (bicyclic) bond motifs is 1. The van der Waals surface area contributed by atoms with E-state index in [9.17, 15) is 9.59 Å². The molecule has 1 heterocycles. The third-order valence-corrected chi connectivity index (χ3v) is 3.38. The molecule has 0 saturated carbocycles. The van der Waals surface area contributed by atoms with Gasteiger partial charge in [0, 0.05) is 24.5 Å². The highest BCUT2D eigenvalue weighted by Gasteiger charge is 2.26. The van der Waals surface area contributed by atoms with Gasteiger partial charge in [0.1, 0.15) is 17.6 Å². The summed E-state index contributed by atoms with van der Waals surface area (Å²) in [6.07, 6.45) is 0.652. The molecule has 1 unspecified atom stereocenters. The van der Waals surface area contributed by atoms with Gasteiger partial charge in [0.15, 0.2) is 0 Å². The van der Waals surface area contributed by atoms with Crippen LogP contribution in [-0.2, 0) is 16.0 Å². The third-order valence-electron chi connectivity index (χ3n) is 3.38. The van der Waals surface area contributed by atoms with Crippen LogP contribution in [-0.4, -0.2) is 30.2 Å². The second-order valence-corrected chi connectivity index (χ2v) is 5.19. The highest BCUT2D eigenvalue weighted by atomic mass is 16.5. The number of hydrogen-bond acceptors (Lipinski definition) is 4. The number of carboxylic acid groups (broad SMARTS) is 1. The Morgan fingerprint density at radius 2 is 2.24 bits per heavy atom. The van der Waals surface area contributed by atoms with Crippen molar-refractivity contribution in [1.29, 1.82) is 0 Å². The van der Waals surface area contributed by atoms with Crippen LogP contribution < -0.4 is 14.8 Å². The summed E-state index contributed by atoms with van der Waals surface area (Å²) in [4.78, 5) is 22.3. The molecule has 1 aromatic carbocycles. The van der Waals surface area contributed by atoms with E-state index >= 15 is 0 Å². The van der Waals surface area contributed by atoms with E-state index < -0.39 is 12.0 Å². The Kier molecular flexibility index (Phi) is 4.35. The number of nitrogens with one attached hydrogen (secondary N) is 1. The average molecular weight is 293 g/mol. The van der Waals surface area contributed by atoms with Gasteiger partial charge in [0.05, 0.1) is 19.6 Å². The number of hydrogen-bond donors (Lipinski definition) is 2. The average Bonchev–Trinajstić information content (AvgIpc) is 2.74. The van der Waals surface area contributed by atoms with E-state index in [1.54, 1.807) is 6.07 Å². The van der Waals surface area contributed by atoms with E-state index in [0.29, 0.717) is 11.3 Å². The molecule has 1 aromatic rings. The van der Waals surface area contributed by atoms with Crippen molar-refractivity contribution in [2.75, 3.05) is 7.11 Å². The number of carboxylic acids is 1. The molecule has 0 radical (unpaired) electrons. The van der Waals surface area contributed by atoms with Crippen LogP contribution in [0, 0.1) is 0 Å². The number of benzene rings is 1. The Morgan fingerprint density at radius 3 is 2.81 bits per heavy atom. The molecule has 0 saturated heterocycles. The van der Waals surface area contributed by atoms with E-state index in [2.05, 4.69) is 5.32 Å². The maximum Gasteiger partial charge on any atom is 0.305 e. The van der Waals surface area contributed by atoms with Gasteiger partial charge in [-0.25, -0.2) is 0 Å². The minimum Gasteiger partial charge on any atom is -0.496 e. The van der Waals surface area contributed by atoms with Crippen molar-refractivity contribution < 1.29 is 24.2 Å². The molecule has 6 heteroatoms. The molecule has 2 N–H and O–H groups in total. The Bertz CT molecular complexity index is 553. The molecule has 2 atom stereocenters. The molecule has 0 spiro atoms. The number of aliphatic carboxylic acids is 1. The van der Waals surface area contributed by atoms with Gasteiger partial charge in [-0.15, -0.1) is 0 Å². The van der Waals surface area contributed by atoms with Crippen molar-refractivity contribution in [3.05, 3.63) is 23.3 Å². The molecule has 2 rings (SSSR count). The first-order valence-corrected chi connectivity index (χ1v) is 6.77. The normalized spacial score (nSPS) is 17.6. The summed E-state index contributed by atoms with van der Waals surface area (Å²) < 4.78 is 11.0. The number of amides is 1. The summed E-state index contributed by atoms with van der Waals surface area (Å²) in [6, 6.07) is 2.96. The third kappa shape index (κ3) is 3.45. The predicted molar refractivity (Wildman–Crippen MR) is 75.6 cm³/mol. The van der Waals surface area contributed by atoms with Crippen molar-refractivity contribution >= 4 is 11.9 Å². The molecule has 21 heavy (non-hydrogen) atoms. The zero-order valence-corrected chi connectivity index (χ0v) is 12.3. The standard InChI is InChI=1S/C15H19NO5/c1-8-4-10-5-14(20-3)11(6-13(10)21-8)12(7-15(18)19)16-9(2)17/h5-6,8,12H,4,7H2,1-3H3,(H,16,17)(H,18,19)/t8?,12-/m1/s1. The van der Waals surface area contributed by atoms with Crippen LogP contribution in [0.3, 0.4) is 0 Å². The second kappa shape index (κ2) is 6.03. The van der Waals surface area contributed by atoms with Crippen molar-refractivity contribution in [1.82, 2.24) is 5.32 Å². The molecule has 0 aromatic heterocycles. The van der Waals surface area contributed by atoms with Crippen LogP contribution in [0.5, 0.6) is 11.5 Å². The zero-order chi connectivity index (χ0) is 15.6. The van der Waals surface area contributed by atoms with Gasteiger partial charge in [0.25, 0.3) is 0 Å². The quantitative estimate of drug-likeness (QED) is 0.862.